The van der Waals surface area contributed by atoms with Gasteiger partial charge in [0, 0.05) is 42.8 Å². The van der Waals surface area contributed by atoms with E-state index < -0.39 is 12.5 Å². The van der Waals surface area contributed by atoms with E-state index in [4.69, 9.17) is 9.47 Å². The van der Waals surface area contributed by atoms with E-state index in [1.165, 1.54) is 0 Å². The van der Waals surface area contributed by atoms with E-state index in [0.717, 1.165) is 23.1 Å². The molecule has 0 aromatic heterocycles. The van der Waals surface area contributed by atoms with Crippen molar-refractivity contribution in [2.45, 2.75) is 32.9 Å². The van der Waals surface area contributed by atoms with Crippen molar-refractivity contribution in [3.05, 3.63) is 28.2 Å². The molecule has 5 nitrogen and oxygen atoms in total. The minimum absolute atomic E-state index is 0.271. The van der Waals surface area contributed by atoms with Crippen LogP contribution in [-0.4, -0.2) is 54.5 Å². The molecule has 1 amide bonds. The molecule has 0 aliphatic carbocycles. The number of hydrogen-bond acceptors (Lipinski definition) is 4. The van der Waals surface area contributed by atoms with E-state index in [0.29, 0.717) is 25.4 Å². The lowest BCUT2D eigenvalue weighted by atomic mass is 10.1. The topological polar surface area (TPSA) is 42.0 Å². The molecular formula is C17H24BrFN2O3. The summed E-state index contributed by atoms with van der Waals surface area (Å²) in [6, 6.07) is 5.61. The van der Waals surface area contributed by atoms with Crippen molar-refractivity contribution in [2.24, 2.45) is 0 Å². The molecule has 0 radical (unpaired) electrons. The van der Waals surface area contributed by atoms with Crippen LogP contribution in [0.3, 0.4) is 0 Å². The van der Waals surface area contributed by atoms with Crippen molar-refractivity contribution in [1.82, 2.24) is 9.80 Å². The summed E-state index contributed by atoms with van der Waals surface area (Å²) < 4.78 is 23.8. The van der Waals surface area contributed by atoms with Crippen LogP contribution in [0.15, 0.2) is 22.7 Å². The maximum absolute atomic E-state index is 12.5. The van der Waals surface area contributed by atoms with Crippen LogP contribution in [-0.2, 0) is 11.3 Å². The van der Waals surface area contributed by atoms with Gasteiger partial charge in [-0.25, -0.2) is 9.18 Å². The van der Waals surface area contributed by atoms with E-state index in [1.54, 1.807) is 11.0 Å². The number of halogens is 2. The fourth-order valence-corrected chi connectivity index (χ4v) is 2.85. The molecule has 1 aliphatic rings. The van der Waals surface area contributed by atoms with Gasteiger partial charge in [-0.2, -0.15) is 0 Å². The van der Waals surface area contributed by atoms with Crippen LogP contribution in [0.2, 0.25) is 0 Å². The molecule has 1 heterocycles. The molecule has 0 saturated carbocycles. The SMILES string of the molecule is CC(C)(C)OC(=O)N1CCN(Cc2ccc(Br)cc2OCF)CC1. The van der Waals surface area contributed by atoms with Crippen LogP contribution in [0.5, 0.6) is 5.75 Å². The van der Waals surface area contributed by atoms with Crippen molar-refractivity contribution in [1.29, 1.82) is 0 Å². The number of carbonyl (C=O) groups is 1. The molecule has 0 unspecified atom stereocenters. The summed E-state index contributed by atoms with van der Waals surface area (Å²) in [6.45, 7) is 8.11. The zero-order valence-corrected chi connectivity index (χ0v) is 15.9. The summed E-state index contributed by atoms with van der Waals surface area (Å²) >= 11 is 3.37. The van der Waals surface area contributed by atoms with Crippen molar-refractivity contribution < 1.29 is 18.7 Å². The van der Waals surface area contributed by atoms with Gasteiger partial charge in [-0.05, 0) is 32.9 Å². The lowest BCUT2D eigenvalue weighted by Crippen LogP contribution is -2.49. The van der Waals surface area contributed by atoms with Gasteiger partial charge < -0.3 is 14.4 Å². The van der Waals surface area contributed by atoms with E-state index in [2.05, 4.69) is 20.8 Å². The third kappa shape index (κ3) is 5.63. The Morgan fingerprint density at radius 2 is 1.92 bits per heavy atom. The molecular weight excluding hydrogens is 379 g/mol. The van der Waals surface area contributed by atoms with Gasteiger partial charge in [-0.3, -0.25) is 4.90 Å². The molecule has 1 fully saturated rings. The second-order valence-electron chi connectivity index (χ2n) is 6.75. The first kappa shape index (κ1) is 19.0. The van der Waals surface area contributed by atoms with Gasteiger partial charge in [0.2, 0.25) is 6.86 Å². The molecule has 1 saturated heterocycles. The van der Waals surface area contributed by atoms with Gasteiger partial charge in [0.1, 0.15) is 11.4 Å². The first-order valence-electron chi connectivity index (χ1n) is 7.96. The number of benzene rings is 1. The molecule has 1 aromatic rings. The van der Waals surface area contributed by atoms with Gasteiger partial charge in [-0.1, -0.05) is 22.0 Å². The molecule has 0 spiro atoms. The third-order valence-corrected chi connectivity index (χ3v) is 4.15. The van der Waals surface area contributed by atoms with Crippen molar-refractivity contribution >= 4 is 22.0 Å². The second-order valence-corrected chi connectivity index (χ2v) is 7.66. The zero-order valence-electron chi connectivity index (χ0n) is 14.3. The van der Waals surface area contributed by atoms with Crippen LogP contribution < -0.4 is 4.74 Å². The van der Waals surface area contributed by atoms with Crippen LogP contribution in [0.4, 0.5) is 9.18 Å². The van der Waals surface area contributed by atoms with Crippen LogP contribution in [0.1, 0.15) is 26.3 Å². The highest BCUT2D eigenvalue weighted by molar-refractivity contribution is 9.10. The Hall–Kier alpha value is -1.34. The maximum atomic E-state index is 12.5. The number of hydrogen-bond donors (Lipinski definition) is 0. The third-order valence-electron chi connectivity index (χ3n) is 3.66. The average Bonchev–Trinajstić information content (AvgIpc) is 2.49. The number of amides is 1. The summed E-state index contributed by atoms with van der Waals surface area (Å²) in [5, 5.41) is 0. The van der Waals surface area contributed by atoms with Gasteiger partial charge in [0.25, 0.3) is 0 Å². The molecule has 134 valence electrons. The number of piperazine rings is 1. The lowest BCUT2D eigenvalue weighted by molar-refractivity contribution is 0.0138. The Balaban J connectivity index is 1.90. The first-order valence-corrected chi connectivity index (χ1v) is 8.75. The molecule has 2 rings (SSSR count). The van der Waals surface area contributed by atoms with Gasteiger partial charge >= 0.3 is 6.09 Å². The van der Waals surface area contributed by atoms with E-state index in [9.17, 15) is 9.18 Å². The van der Waals surface area contributed by atoms with Crippen LogP contribution in [0, 0.1) is 0 Å². The molecule has 7 heteroatoms. The van der Waals surface area contributed by atoms with E-state index >= 15 is 0 Å². The Morgan fingerprint density at radius 3 is 2.50 bits per heavy atom. The Labute approximate surface area is 150 Å². The Bertz CT molecular complexity index is 569. The standard InChI is InChI=1S/C17H24BrFN2O3/c1-17(2,3)24-16(22)21-8-6-20(7-9-21)11-13-4-5-14(18)10-15(13)23-12-19/h4-5,10H,6-9,11-12H2,1-3H3. The molecule has 24 heavy (non-hydrogen) atoms. The van der Waals surface area contributed by atoms with Gasteiger partial charge in [-0.15, -0.1) is 0 Å². The van der Waals surface area contributed by atoms with E-state index in [-0.39, 0.29) is 6.09 Å². The summed E-state index contributed by atoms with van der Waals surface area (Å²) in [5.41, 5.74) is 0.450. The predicted molar refractivity (Wildman–Crippen MR) is 93.8 cm³/mol. The van der Waals surface area contributed by atoms with Crippen molar-refractivity contribution in [3.63, 3.8) is 0 Å². The first-order chi connectivity index (χ1) is 11.3. The monoisotopic (exact) mass is 402 g/mol. The average molecular weight is 403 g/mol. The van der Waals surface area contributed by atoms with Crippen molar-refractivity contribution in [3.8, 4) is 5.75 Å². The van der Waals surface area contributed by atoms with E-state index in [1.807, 2.05) is 32.9 Å². The number of ether oxygens (including phenoxy) is 2. The maximum Gasteiger partial charge on any atom is 0.410 e. The quantitative estimate of drug-likeness (QED) is 0.767. The Kier molecular flexibility index (Phi) is 6.46. The molecule has 1 aromatic carbocycles. The van der Waals surface area contributed by atoms with Gasteiger partial charge in [0.05, 0.1) is 0 Å². The minimum atomic E-state index is -0.851. The summed E-state index contributed by atoms with van der Waals surface area (Å²) in [6.07, 6.45) is -0.271. The lowest BCUT2D eigenvalue weighted by Gasteiger charge is -2.35. The highest BCUT2D eigenvalue weighted by Crippen LogP contribution is 2.25. The molecule has 1 aliphatic heterocycles. The molecule has 0 bridgehead atoms. The minimum Gasteiger partial charge on any atom is -0.463 e. The molecule has 0 atom stereocenters. The highest BCUT2D eigenvalue weighted by atomic mass is 79.9. The number of rotatable bonds is 4. The smallest absolute Gasteiger partial charge is 0.410 e. The fraction of sp³-hybridized carbons (Fsp3) is 0.588. The van der Waals surface area contributed by atoms with Crippen LogP contribution >= 0.6 is 15.9 Å². The van der Waals surface area contributed by atoms with Crippen LogP contribution in [0.25, 0.3) is 0 Å². The van der Waals surface area contributed by atoms with Gasteiger partial charge in [0.15, 0.2) is 0 Å². The number of nitrogens with zero attached hydrogens (tertiary/aromatic N) is 2. The Morgan fingerprint density at radius 1 is 1.25 bits per heavy atom. The largest absolute Gasteiger partial charge is 0.463 e. The predicted octanol–water partition coefficient (Wildman–Crippen LogP) is 3.81. The highest BCUT2D eigenvalue weighted by Gasteiger charge is 2.26. The fourth-order valence-electron chi connectivity index (χ4n) is 2.51. The normalized spacial score (nSPS) is 16.1. The number of alkyl halides is 1. The second kappa shape index (κ2) is 8.16. The summed E-state index contributed by atoms with van der Waals surface area (Å²) in [4.78, 5) is 16.0. The van der Waals surface area contributed by atoms with Crippen molar-refractivity contribution in [2.75, 3.05) is 33.0 Å². The summed E-state index contributed by atoms with van der Waals surface area (Å²) in [5.74, 6) is 0.543. The molecule has 0 N–H and O–H groups in total. The summed E-state index contributed by atoms with van der Waals surface area (Å²) in [7, 11) is 0. The zero-order chi connectivity index (χ0) is 17.7. The number of carbonyl (C=O) groups excluding carboxylic acids is 1.